The first-order chi connectivity index (χ1) is 11.5. The number of guanidine groups is 1. The second-order valence-electron chi connectivity index (χ2n) is 5.33. The molecule has 0 saturated carbocycles. The van der Waals surface area contributed by atoms with Crippen LogP contribution < -0.4 is 10.6 Å². The minimum absolute atomic E-state index is 0. The van der Waals surface area contributed by atoms with E-state index < -0.39 is 11.7 Å². The average Bonchev–Trinajstić information content (AvgIpc) is 2.54. The van der Waals surface area contributed by atoms with Crippen molar-refractivity contribution in [2.75, 3.05) is 31.6 Å². The first-order valence-electron chi connectivity index (χ1n) is 8.14. The van der Waals surface area contributed by atoms with Crippen LogP contribution in [0.3, 0.4) is 0 Å². The van der Waals surface area contributed by atoms with Crippen molar-refractivity contribution in [2.24, 2.45) is 4.99 Å². The third-order valence-electron chi connectivity index (χ3n) is 3.36. The van der Waals surface area contributed by atoms with Crippen LogP contribution in [0, 0.1) is 0 Å². The molecule has 1 rings (SSSR count). The number of aliphatic imine (C=N–C) groups is 1. The van der Waals surface area contributed by atoms with Crippen LogP contribution in [-0.2, 0) is 12.6 Å². The number of halogens is 4. The lowest BCUT2D eigenvalue weighted by molar-refractivity contribution is -0.137. The van der Waals surface area contributed by atoms with Crippen LogP contribution in [-0.4, -0.2) is 37.6 Å². The van der Waals surface area contributed by atoms with Crippen LogP contribution in [0.15, 0.2) is 29.3 Å². The summed E-state index contributed by atoms with van der Waals surface area (Å²) >= 11 is 1.83. The van der Waals surface area contributed by atoms with Crippen molar-refractivity contribution in [3.63, 3.8) is 0 Å². The molecule has 0 aromatic heterocycles. The zero-order valence-corrected chi connectivity index (χ0v) is 17.8. The number of nitrogens with zero attached hydrogens (tertiary/aromatic N) is 1. The Bertz CT molecular complexity index is 493. The van der Waals surface area contributed by atoms with Crippen LogP contribution in [0.1, 0.15) is 30.9 Å². The van der Waals surface area contributed by atoms with Crippen molar-refractivity contribution in [3.8, 4) is 0 Å². The normalized spacial score (nSPS) is 11.8. The summed E-state index contributed by atoms with van der Waals surface area (Å²) in [7, 11) is 0. The lowest BCUT2D eigenvalue weighted by Crippen LogP contribution is -2.38. The van der Waals surface area contributed by atoms with Gasteiger partial charge in [-0.2, -0.15) is 24.9 Å². The van der Waals surface area contributed by atoms with Gasteiger partial charge in [-0.1, -0.05) is 12.1 Å². The zero-order chi connectivity index (χ0) is 17.8. The second kappa shape index (κ2) is 13.5. The van der Waals surface area contributed by atoms with Gasteiger partial charge in [0.2, 0.25) is 0 Å². The largest absolute Gasteiger partial charge is 0.416 e. The molecule has 0 fully saturated rings. The van der Waals surface area contributed by atoms with Gasteiger partial charge in [-0.25, -0.2) is 0 Å². The summed E-state index contributed by atoms with van der Waals surface area (Å²) in [6.45, 7) is 4.18. The first-order valence-corrected chi connectivity index (χ1v) is 9.54. The topological polar surface area (TPSA) is 36.4 Å². The molecule has 0 unspecified atom stereocenters. The van der Waals surface area contributed by atoms with E-state index in [2.05, 4.69) is 21.9 Å². The fourth-order valence-electron chi connectivity index (χ4n) is 2.08. The van der Waals surface area contributed by atoms with Gasteiger partial charge in [0.25, 0.3) is 0 Å². The summed E-state index contributed by atoms with van der Waals surface area (Å²) in [5.74, 6) is 1.90. The van der Waals surface area contributed by atoms with Crippen molar-refractivity contribution in [3.05, 3.63) is 35.4 Å². The quantitative estimate of drug-likeness (QED) is 0.231. The highest BCUT2D eigenvalue weighted by atomic mass is 127. The molecular weight excluding hydrogens is 462 g/mol. The number of benzene rings is 1. The van der Waals surface area contributed by atoms with Crippen LogP contribution in [0.25, 0.3) is 0 Å². The summed E-state index contributed by atoms with van der Waals surface area (Å²) in [5.41, 5.74) is 0.255. The molecule has 1 aromatic carbocycles. The molecule has 0 aliphatic rings. The molecule has 0 aliphatic heterocycles. The molecule has 0 spiro atoms. The second-order valence-corrected chi connectivity index (χ2v) is 6.32. The van der Waals surface area contributed by atoms with E-state index in [-0.39, 0.29) is 24.0 Å². The van der Waals surface area contributed by atoms with Gasteiger partial charge >= 0.3 is 6.18 Å². The Hall–Kier alpha value is -0.640. The molecular formula is C17H27F3IN3S. The lowest BCUT2D eigenvalue weighted by Gasteiger charge is -2.12. The monoisotopic (exact) mass is 489 g/mol. The fraction of sp³-hybridized carbons (Fsp3) is 0.588. The summed E-state index contributed by atoms with van der Waals surface area (Å²) in [6, 6.07) is 5.30. The first kappa shape index (κ1) is 24.4. The molecule has 8 heteroatoms. The van der Waals surface area contributed by atoms with E-state index >= 15 is 0 Å². The number of alkyl halides is 3. The average molecular weight is 489 g/mol. The predicted octanol–water partition coefficient (Wildman–Crippen LogP) is 4.56. The van der Waals surface area contributed by atoms with Crippen LogP contribution >= 0.6 is 35.7 Å². The number of rotatable bonds is 9. The summed E-state index contributed by atoms with van der Waals surface area (Å²) in [6.07, 6.45) is 0.662. The van der Waals surface area contributed by atoms with E-state index in [1.807, 2.05) is 18.7 Å². The van der Waals surface area contributed by atoms with E-state index in [9.17, 15) is 13.2 Å². The van der Waals surface area contributed by atoms with E-state index in [0.29, 0.717) is 13.0 Å². The van der Waals surface area contributed by atoms with Gasteiger partial charge < -0.3 is 10.6 Å². The van der Waals surface area contributed by atoms with Crippen molar-refractivity contribution in [2.45, 2.75) is 32.4 Å². The van der Waals surface area contributed by atoms with Crippen molar-refractivity contribution >= 4 is 41.7 Å². The third kappa shape index (κ3) is 10.8. The van der Waals surface area contributed by atoms with Crippen molar-refractivity contribution in [1.82, 2.24) is 10.6 Å². The Kier molecular flexibility index (Phi) is 13.2. The van der Waals surface area contributed by atoms with Gasteiger partial charge in [-0.3, -0.25) is 4.99 Å². The lowest BCUT2D eigenvalue weighted by atomic mass is 10.1. The molecule has 0 radical (unpaired) electrons. The smallest absolute Gasteiger partial charge is 0.357 e. The molecule has 0 atom stereocenters. The number of nitrogens with one attached hydrogen (secondary N) is 2. The van der Waals surface area contributed by atoms with Gasteiger partial charge in [0.1, 0.15) is 0 Å². The van der Waals surface area contributed by atoms with Crippen LogP contribution in [0.2, 0.25) is 0 Å². The molecule has 144 valence electrons. The predicted molar refractivity (Wildman–Crippen MR) is 112 cm³/mol. The third-order valence-corrected chi connectivity index (χ3v) is 4.06. The van der Waals surface area contributed by atoms with E-state index in [1.165, 1.54) is 12.1 Å². The van der Waals surface area contributed by atoms with Crippen molar-refractivity contribution in [1.29, 1.82) is 0 Å². The highest BCUT2D eigenvalue weighted by molar-refractivity contribution is 14.0. The summed E-state index contributed by atoms with van der Waals surface area (Å²) < 4.78 is 37.6. The Morgan fingerprint density at radius 3 is 2.36 bits per heavy atom. The number of thioether (sulfide) groups is 1. The maximum Gasteiger partial charge on any atom is 0.416 e. The van der Waals surface area contributed by atoms with E-state index in [1.54, 1.807) is 0 Å². The minimum atomic E-state index is -4.28. The van der Waals surface area contributed by atoms with Gasteiger partial charge in [-0.05, 0) is 55.9 Å². The Morgan fingerprint density at radius 1 is 1.12 bits per heavy atom. The zero-order valence-electron chi connectivity index (χ0n) is 14.7. The molecule has 2 N–H and O–H groups in total. The molecule has 0 aliphatic carbocycles. The minimum Gasteiger partial charge on any atom is -0.357 e. The summed E-state index contributed by atoms with van der Waals surface area (Å²) in [4.78, 5) is 4.50. The molecule has 0 bridgehead atoms. The SMILES string of the molecule is CCNC(=NCCCCSC)NCCc1ccc(C(F)(F)F)cc1.I. The van der Waals surface area contributed by atoms with Gasteiger partial charge in [-0.15, -0.1) is 24.0 Å². The molecule has 0 saturated heterocycles. The number of hydrogen-bond donors (Lipinski definition) is 2. The molecule has 0 heterocycles. The summed E-state index contributed by atoms with van der Waals surface area (Å²) in [5, 5.41) is 6.39. The van der Waals surface area contributed by atoms with Crippen LogP contribution in [0.5, 0.6) is 0 Å². The maximum absolute atomic E-state index is 12.5. The Labute approximate surface area is 169 Å². The fourth-order valence-corrected chi connectivity index (χ4v) is 2.57. The number of hydrogen-bond acceptors (Lipinski definition) is 2. The maximum atomic E-state index is 12.5. The van der Waals surface area contributed by atoms with Gasteiger partial charge in [0.15, 0.2) is 5.96 Å². The molecule has 1 aromatic rings. The van der Waals surface area contributed by atoms with E-state index in [0.717, 1.165) is 55.3 Å². The molecule has 25 heavy (non-hydrogen) atoms. The van der Waals surface area contributed by atoms with Gasteiger partial charge in [0, 0.05) is 19.6 Å². The standard InChI is InChI=1S/C17H26F3N3S.HI/c1-3-21-16(22-11-4-5-13-24-2)23-12-10-14-6-8-15(9-7-14)17(18,19)20;/h6-9H,3-5,10-13H2,1-2H3,(H2,21,22,23);1H. The number of unbranched alkanes of at least 4 members (excludes halogenated alkanes) is 1. The molecule has 3 nitrogen and oxygen atoms in total. The van der Waals surface area contributed by atoms with Gasteiger partial charge in [0.05, 0.1) is 5.56 Å². The Balaban J connectivity index is 0.00000576. The highest BCUT2D eigenvalue weighted by Gasteiger charge is 2.29. The highest BCUT2D eigenvalue weighted by Crippen LogP contribution is 2.29. The van der Waals surface area contributed by atoms with Crippen LogP contribution in [0.4, 0.5) is 13.2 Å². The van der Waals surface area contributed by atoms with E-state index in [4.69, 9.17) is 0 Å². The Morgan fingerprint density at radius 2 is 1.80 bits per heavy atom. The van der Waals surface area contributed by atoms with Crippen molar-refractivity contribution < 1.29 is 13.2 Å². The molecule has 0 amide bonds.